The quantitative estimate of drug-likeness (QED) is 0.165. The van der Waals surface area contributed by atoms with E-state index in [1.54, 1.807) is 0 Å². The summed E-state index contributed by atoms with van der Waals surface area (Å²) in [4.78, 5) is 15.5. The minimum atomic E-state index is -0.224. The van der Waals surface area contributed by atoms with Crippen molar-refractivity contribution in [2.75, 3.05) is 0 Å². The Morgan fingerprint density at radius 3 is 1.68 bits per heavy atom. The molecule has 25 heavy (non-hydrogen) atoms. The second-order valence-electron chi connectivity index (χ2n) is 5.44. The predicted octanol–water partition coefficient (Wildman–Crippen LogP) is 5.51. The molecule has 3 rings (SSSR count). The van der Waals surface area contributed by atoms with Crippen LogP contribution in [0.15, 0.2) is 99.6 Å². The molecule has 1 unspecified atom stereocenters. The number of halogens is 1. The third-order valence-corrected chi connectivity index (χ3v) is 6.30. The molecular weight excluding hydrogens is 443 g/mol. The molecule has 3 aromatic rings. The molecule has 3 aromatic carbocycles. The normalized spacial score (nSPS) is 12.0. The summed E-state index contributed by atoms with van der Waals surface area (Å²) in [6, 6.07) is 28.8. The Labute approximate surface area is 164 Å². The Kier molecular flexibility index (Phi) is 6.15. The van der Waals surface area contributed by atoms with E-state index in [2.05, 4.69) is 71.1 Å². The number of alkyl halides is 1. The summed E-state index contributed by atoms with van der Waals surface area (Å²) < 4.78 is 5.21. The third kappa shape index (κ3) is 4.64. The minimum Gasteiger partial charge on any atom is -0.426 e. The van der Waals surface area contributed by atoms with E-state index in [1.807, 2.05) is 43.3 Å². The SMILES string of the molecule is CC(I)C(=O)Oc1ccc([S+](c2ccccc2)c2ccccc2)cc1. The van der Waals surface area contributed by atoms with Crippen molar-refractivity contribution in [2.24, 2.45) is 0 Å². The summed E-state index contributed by atoms with van der Waals surface area (Å²) in [5.41, 5.74) is 0. The Morgan fingerprint density at radius 2 is 1.24 bits per heavy atom. The van der Waals surface area contributed by atoms with Gasteiger partial charge in [-0.15, -0.1) is 0 Å². The summed E-state index contributed by atoms with van der Waals surface area (Å²) in [6.07, 6.45) is 0. The molecule has 2 nitrogen and oxygen atoms in total. The number of hydrogen-bond acceptors (Lipinski definition) is 2. The van der Waals surface area contributed by atoms with Crippen LogP contribution in [0.5, 0.6) is 5.75 Å². The number of benzene rings is 3. The van der Waals surface area contributed by atoms with Crippen LogP contribution in [0.1, 0.15) is 6.92 Å². The lowest BCUT2D eigenvalue weighted by atomic mass is 10.3. The average Bonchev–Trinajstić information content (AvgIpc) is 2.65. The number of rotatable bonds is 5. The molecule has 0 aliphatic heterocycles. The highest BCUT2D eigenvalue weighted by molar-refractivity contribution is 14.1. The number of carbonyl (C=O) groups is 1. The van der Waals surface area contributed by atoms with E-state index >= 15 is 0 Å². The summed E-state index contributed by atoms with van der Waals surface area (Å²) in [5.74, 6) is 0.361. The number of carbonyl (C=O) groups excluding carboxylic acids is 1. The van der Waals surface area contributed by atoms with Crippen LogP contribution < -0.4 is 4.74 Å². The van der Waals surface area contributed by atoms with Crippen molar-refractivity contribution in [3.63, 3.8) is 0 Å². The van der Waals surface area contributed by atoms with E-state index < -0.39 is 0 Å². The van der Waals surface area contributed by atoms with E-state index in [0.717, 1.165) is 0 Å². The largest absolute Gasteiger partial charge is 0.426 e. The molecule has 0 N–H and O–H groups in total. The molecular formula is C21H18IO2S+. The van der Waals surface area contributed by atoms with E-state index in [0.29, 0.717) is 5.75 Å². The molecule has 0 amide bonds. The van der Waals surface area contributed by atoms with Crippen molar-refractivity contribution < 1.29 is 9.53 Å². The lowest BCUT2D eigenvalue weighted by molar-refractivity contribution is -0.133. The van der Waals surface area contributed by atoms with Crippen LogP contribution in [0.25, 0.3) is 0 Å². The Hall–Kier alpha value is -1.79. The van der Waals surface area contributed by atoms with Gasteiger partial charge in [0.05, 0.1) is 10.9 Å². The lowest BCUT2D eigenvalue weighted by Gasteiger charge is -2.09. The van der Waals surface area contributed by atoms with Crippen molar-refractivity contribution in [1.82, 2.24) is 0 Å². The van der Waals surface area contributed by atoms with Gasteiger partial charge in [0, 0.05) is 0 Å². The maximum absolute atomic E-state index is 11.7. The van der Waals surface area contributed by atoms with Crippen LogP contribution in [0, 0.1) is 0 Å². The molecule has 0 heterocycles. The van der Waals surface area contributed by atoms with Gasteiger partial charge in [-0.3, -0.25) is 4.79 Å². The zero-order valence-electron chi connectivity index (χ0n) is 13.8. The monoisotopic (exact) mass is 461 g/mol. The van der Waals surface area contributed by atoms with Crippen LogP contribution in [0.4, 0.5) is 0 Å². The number of esters is 1. The lowest BCUT2D eigenvalue weighted by Crippen LogP contribution is -2.16. The first kappa shape index (κ1) is 18.0. The summed E-state index contributed by atoms with van der Waals surface area (Å²) in [7, 11) is -0.186. The van der Waals surface area contributed by atoms with Crippen molar-refractivity contribution in [3.05, 3.63) is 84.9 Å². The molecule has 1 atom stereocenters. The summed E-state index contributed by atoms with van der Waals surface area (Å²) in [5, 5.41) is 0. The van der Waals surface area contributed by atoms with Crippen molar-refractivity contribution >= 4 is 39.5 Å². The molecule has 0 fully saturated rings. The molecule has 0 aliphatic rings. The fourth-order valence-electron chi connectivity index (χ4n) is 2.36. The zero-order chi connectivity index (χ0) is 17.6. The van der Waals surface area contributed by atoms with Gasteiger partial charge in [-0.2, -0.15) is 0 Å². The molecule has 0 radical (unpaired) electrons. The van der Waals surface area contributed by atoms with E-state index in [9.17, 15) is 4.79 Å². The Bertz CT molecular complexity index is 778. The topological polar surface area (TPSA) is 26.3 Å². The van der Waals surface area contributed by atoms with Gasteiger partial charge in [0.25, 0.3) is 0 Å². The van der Waals surface area contributed by atoms with Crippen LogP contribution >= 0.6 is 22.6 Å². The van der Waals surface area contributed by atoms with Crippen molar-refractivity contribution in [2.45, 2.75) is 25.5 Å². The highest BCUT2D eigenvalue weighted by Crippen LogP contribution is 2.31. The molecule has 0 aliphatic carbocycles. The predicted molar refractivity (Wildman–Crippen MR) is 111 cm³/mol. The Morgan fingerprint density at radius 1 is 0.800 bits per heavy atom. The van der Waals surface area contributed by atoms with Gasteiger partial charge >= 0.3 is 5.97 Å². The Balaban J connectivity index is 1.93. The molecule has 0 saturated heterocycles. The highest BCUT2D eigenvalue weighted by Gasteiger charge is 2.28. The number of hydrogen-bond donors (Lipinski definition) is 0. The van der Waals surface area contributed by atoms with E-state index in [-0.39, 0.29) is 20.8 Å². The molecule has 0 saturated carbocycles. The van der Waals surface area contributed by atoms with Crippen LogP contribution in [0.3, 0.4) is 0 Å². The van der Waals surface area contributed by atoms with Gasteiger partial charge in [-0.1, -0.05) is 59.0 Å². The molecule has 4 heteroatoms. The fraction of sp³-hybridized carbons (Fsp3) is 0.0952. The molecule has 0 spiro atoms. The fourth-order valence-corrected chi connectivity index (χ4v) is 4.57. The molecule has 0 aromatic heterocycles. The zero-order valence-corrected chi connectivity index (χ0v) is 16.7. The average molecular weight is 461 g/mol. The summed E-state index contributed by atoms with van der Waals surface area (Å²) in [6.45, 7) is 1.82. The first-order valence-corrected chi connectivity index (χ1v) is 10.4. The van der Waals surface area contributed by atoms with E-state index in [1.165, 1.54) is 14.7 Å². The van der Waals surface area contributed by atoms with Gasteiger partial charge < -0.3 is 4.74 Å². The maximum atomic E-state index is 11.7. The summed E-state index contributed by atoms with van der Waals surface area (Å²) >= 11 is 2.05. The van der Waals surface area contributed by atoms with Crippen LogP contribution in [-0.4, -0.2) is 9.89 Å². The van der Waals surface area contributed by atoms with Gasteiger partial charge in [-0.05, 0) is 55.5 Å². The first-order chi connectivity index (χ1) is 12.1. The van der Waals surface area contributed by atoms with Crippen molar-refractivity contribution in [1.29, 1.82) is 0 Å². The first-order valence-electron chi connectivity index (χ1n) is 7.95. The van der Waals surface area contributed by atoms with Gasteiger partial charge in [0.15, 0.2) is 14.7 Å². The van der Waals surface area contributed by atoms with Crippen LogP contribution in [-0.2, 0) is 15.7 Å². The molecule has 126 valence electrons. The molecule has 0 bridgehead atoms. The minimum absolute atomic E-state index is 0.166. The highest BCUT2D eigenvalue weighted by atomic mass is 127. The smallest absolute Gasteiger partial charge is 0.323 e. The second-order valence-corrected chi connectivity index (χ2v) is 9.34. The third-order valence-electron chi connectivity index (χ3n) is 3.56. The van der Waals surface area contributed by atoms with Gasteiger partial charge in [-0.25, -0.2) is 0 Å². The number of ether oxygens (including phenoxy) is 1. The van der Waals surface area contributed by atoms with Gasteiger partial charge in [0.2, 0.25) is 0 Å². The maximum Gasteiger partial charge on any atom is 0.323 e. The van der Waals surface area contributed by atoms with E-state index in [4.69, 9.17) is 4.74 Å². The standard InChI is InChI=1S/C21H18IO2S/c1-16(22)21(23)24-17-12-14-20(15-13-17)25(18-8-4-2-5-9-18)19-10-6-3-7-11-19/h2-16H,1H3/q+1. The van der Waals surface area contributed by atoms with Gasteiger partial charge in [0.1, 0.15) is 9.67 Å². The second kappa shape index (κ2) is 8.54. The van der Waals surface area contributed by atoms with Crippen molar-refractivity contribution in [3.8, 4) is 5.75 Å². The van der Waals surface area contributed by atoms with Crippen LogP contribution in [0.2, 0.25) is 0 Å².